The predicted molar refractivity (Wildman–Crippen MR) is 455 cm³/mol. The smallest absolute Gasteiger partial charge is 0.252 e. The molecule has 0 radical (unpaired) electrons. The summed E-state index contributed by atoms with van der Waals surface area (Å²) in [6, 6.07) is 108. The largest absolute Gasteiger partial charge is 0.456 e. The van der Waals surface area contributed by atoms with Crippen LogP contribution in [-0.4, -0.2) is 15.8 Å². The fourth-order valence-electron chi connectivity index (χ4n) is 17.8. The van der Waals surface area contributed by atoms with Gasteiger partial charge in [0.05, 0.1) is 44.8 Å². The average molecular weight is 1380 g/mol. The number of anilines is 6. The zero-order chi connectivity index (χ0) is 72.9. The Labute approximate surface area is 625 Å². The van der Waals surface area contributed by atoms with Crippen molar-refractivity contribution in [1.82, 2.24) is 9.13 Å². The second-order valence-electron chi connectivity index (χ2n) is 34.1. The monoisotopic (exact) mass is 1380 g/mol. The Balaban J connectivity index is 1.00. The van der Waals surface area contributed by atoms with Crippen molar-refractivity contribution in [2.24, 2.45) is 0 Å². The van der Waals surface area contributed by atoms with Crippen LogP contribution in [0.2, 0.25) is 0 Å². The molecule has 0 saturated carbocycles. The van der Waals surface area contributed by atoms with E-state index in [2.05, 4.69) is 387 Å². The number of benzene rings is 14. The normalized spacial score (nSPS) is 13.4. The van der Waals surface area contributed by atoms with E-state index in [4.69, 9.17) is 8.83 Å². The molecule has 6 heterocycles. The molecule has 2 aliphatic rings. The zero-order valence-electron chi connectivity index (χ0n) is 62.8. The Hall–Kier alpha value is -12.1. The van der Waals surface area contributed by atoms with Gasteiger partial charge in [0.1, 0.15) is 22.3 Å². The molecular weight excluding hydrogens is 1300 g/mol. The number of hydrogen-bond acceptors (Lipinski definition) is 4. The topological polar surface area (TPSA) is 42.6 Å². The van der Waals surface area contributed by atoms with Gasteiger partial charge in [-0.25, -0.2) is 0 Å². The second-order valence-corrected chi connectivity index (χ2v) is 34.1. The summed E-state index contributed by atoms with van der Waals surface area (Å²) in [4.78, 5) is 5.43. The molecule has 14 aromatic carbocycles. The van der Waals surface area contributed by atoms with Gasteiger partial charge in [0.25, 0.3) is 6.71 Å². The standard InChI is InChI=1S/C100H83BN4O2/c1-97(2,3)63-47-49-84-78(58-63)101-79-59-64(98(4,5)6)48-50-85(79)105(95-74(76-37-25-36-75-72-32-17-24-45-91(72)107-96(75)76)35-27-43-87(95)103-82-40-21-15-30-70(82)71-31-16-22-41-83(71)103)89-56-62(61-52-65(99(7,8)9)57-66(53-61)100(10,11)12)55-88(93(89)101)104(84)94-67(60-46-51-92-77(54-60)73-33-18-23-44-90(73)106-92)34-26-42-86(94)102-80-38-19-13-28-68(80)69-29-14-20-39-81(69)102/h13-59H,1-12H3. The minimum absolute atomic E-state index is 0.180. The first-order valence-corrected chi connectivity index (χ1v) is 37.9. The van der Waals surface area contributed by atoms with Crippen LogP contribution in [0.5, 0.6) is 0 Å². The van der Waals surface area contributed by atoms with Gasteiger partial charge in [0, 0.05) is 82.5 Å². The van der Waals surface area contributed by atoms with Gasteiger partial charge in [0.2, 0.25) is 0 Å². The Kier molecular flexibility index (Phi) is 14.0. The van der Waals surface area contributed by atoms with Crippen LogP contribution in [0, 0.1) is 0 Å². The first kappa shape index (κ1) is 64.5. The van der Waals surface area contributed by atoms with E-state index in [1.165, 1.54) is 60.2 Å². The molecule has 518 valence electrons. The van der Waals surface area contributed by atoms with Crippen molar-refractivity contribution in [3.05, 3.63) is 307 Å². The van der Waals surface area contributed by atoms with Crippen LogP contribution in [0.1, 0.15) is 105 Å². The lowest BCUT2D eigenvalue weighted by Gasteiger charge is -2.46. The summed E-state index contributed by atoms with van der Waals surface area (Å²) in [5.74, 6) is 0. The molecular formula is C100H83BN4O2. The maximum absolute atomic E-state index is 7.24. The summed E-state index contributed by atoms with van der Waals surface area (Å²) in [5, 5.41) is 9.12. The fourth-order valence-corrected chi connectivity index (χ4v) is 17.8. The van der Waals surface area contributed by atoms with Gasteiger partial charge in [-0.05, 0) is 162 Å². The van der Waals surface area contributed by atoms with E-state index in [1.54, 1.807) is 0 Å². The van der Waals surface area contributed by atoms with Crippen molar-refractivity contribution in [3.8, 4) is 44.8 Å². The van der Waals surface area contributed by atoms with Crippen molar-refractivity contribution < 1.29 is 8.83 Å². The van der Waals surface area contributed by atoms with E-state index in [0.717, 1.165) is 145 Å². The Morgan fingerprint density at radius 3 is 1.14 bits per heavy atom. The zero-order valence-corrected chi connectivity index (χ0v) is 62.8. The van der Waals surface area contributed by atoms with Crippen LogP contribution < -0.4 is 26.2 Å². The molecule has 0 fully saturated rings. The summed E-state index contributed by atoms with van der Waals surface area (Å²) in [7, 11) is 0. The maximum Gasteiger partial charge on any atom is 0.252 e. The molecule has 0 N–H and O–H groups in total. The van der Waals surface area contributed by atoms with Gasteiger partial charge in [-0.15, -0.1) is 0 Å². The lowest BCUT2D eigenvalue weighted by molar-refractivity contribution is 0.569. The van der Waals surface area contributed by atoms with E-state index in [9.17, 15) is 0 Å². The van der Waals surface area contributed by atoms with Crippen LogP contribution in [0.3, 0.4) is 0 Å². The molecule has 0 unspecified atom stereocenters. The lowest BCUT2D eigenvalue weighted by Crippen LogP contribution is -2.62. The third kappa shape index (κ3) is 9.92. The molecule has 6 nitrogen and oxygen atoms in total. The third-order valence-electron chi connectivity index (χ3n) is 23.3. The van der Waals surface area contributed by atoms with Gasteiger partial charge in [-0.2, -0.15) is 0 Å². The fraction of sp³-hybridized carbons (Fsp3) is 0.160. The molecule has 7 heteroatoms. The summed E-state index contributed by atoms with van der Waals surface area (Å²) >= 11 is 0. The summed E-state index contributed by atoms with van der Waals surface area (Å²) in [6.07, 6.45) is 0. The molecule has 0 aliphatic carbocycles. The van der Waals surface area contributed by atoms with Crippen LogP contribution in [0.15, 0.2) is 294 Å². The summed E-state index contributed by atoms with van der Waals surface area (Å²) in [5.41, 5.74) is 31.2. The van der Waals surface area contributed by atoms with Gasteiger partial charge >= 0.3 is 0 Å². The number of para-hydroxylation sites is 9. The van der Waals surface area contributed by atoms with Crippen LogP contribution in [0.25, 0.3) is 132 Å². The number of fused-ring (bicyclic) bond motifs is 16. The highest BCUT2D eigenvalue weighted by Gasteiger charge is 2.47. The molecule has 0 spiro atoms. The van der Waals surface area contributed by atoms with Crippen molar-refractivity contribution in [2.45, 2.75) is 105 Å². The SMILES string of the molecule is CC(C)(C)c1cc(-c2cc3c4c(c2)N(c2c(-c5cccc6c5oc5ccccc56)cccc2-n2c5ccccc5c5ccccc52)c2ccc(C(C)(C)C)cc2B4c2cc(C(C)(C)C)ccc2N3c2c(-c3ccc4oc5ccccc5c4c3)cccc2-n2c3ccccc3c3ccccc32)cc(C(C)(C)C)c1. The van der Waals surface area contributed by atoms with Crippen LogP contribution >= 0.6 is 0 Å². The highest BCUT2D eigenvalue weighted by Crippen LogP contribution is 2.56. The van der Waals surface area contributed by atoms with Crippen LogP contribution in [-0.2, 0) is 21.7 Å². The molecule has 20 rings (SSSR count). The molecule has 107 heavy (non-hydrogen) atoms. The Bertz CT molecular complexity index is 6640. The molecule has 0 atom stereocenters. The van der Waals surface area contributed by atoms with Gasteiger partial charge in [-0.3, -0.25) is 0 Å². The molecule has 4 aromatic heterocycles. The highest BCUT2D eigenvalue weighted by molar-refractivity contribution is 7.00. The number of nitrogens with zero attached hydrogens (tertiary/aromatic N) is 4. The summed E-state index contributed by atoms with van der Waals surface area (Å²) < 4.78 is 19.0. The number of rotatable bonds is 7. The minimum Gasteiger partial charge on any atom is -0.456 e. The van der Waals surface area contributed by atoms with E-state index < -0.39 is 0 Å². The molecule has 2 aliphatic heterocycles. The van der Waals surface area contributed by atoms with E-state index in [0.29, 0.717) is 0 Å². The molecule has 0 amide bonds. The number of hydrogen-bond donors (Lipinski definition) is 0. The Morgan fingerprint density at radius 2 is 0.645 bits per heavy atom. The average Bonchev–Trinajstić information content (AvgIpc) is 0.791. The van der Waals surface area contributed by atoms with Crippen molar-refractivity contribution in [2.75, 3.05) is 9.80 Å². The van der Waals surface area contributed by atoms with E-state index in [-0.39, 0.29) is 28.4 Å². The minimum atomic E-state index is -0.262. The van der Waals surface area contributed by atoms with E-state index >= 15 is 0 Å². The number of furan rings is 2. The van der Waals surface area contributed by atoms with Gasteiger partial charge < -0.3 is 27.8 Å². The molecule has 0 saturated heterocycles. The first-order chi connectivity index (χ1) is 51.6. The van der Waals surface area contributed by atoms with Crippen LogP contribution in [0.4, 0.5) is 34.1 Å². The molecule has 0 bridgehead atoms. The number of aromatic nitrogens is 2. The van der Waals surface area contributed by atoms with Gasteiger partial charge in [-0.1, -0.05) is 283 Å². The predicted octanol–water partition coefficient (Wildman–Crippen LogP) is 26.0. The quantitative estimate of drug-likeness (QED) is 0.149. The first-order valence-electron chi connectivity index (χ1n) is 37.9. The van der Waals surface area contributed by atoms with E-state index in [1.807, 2.05) is 0 Å². The third-order valence-corrected chi connectivity index (χ3v) is 23.3. The second kappa shape index (κ2) is 23.2. The lowest BCUT2D eigenvalue weighted by atomic mass is 9.33. The molecule has 18 aromatic rings. The Morgan fingerprint density at radius 1 is 0.252 bits per heavy atom. The van der Waals surface area contributed by atoms with Crippen molar-refractivity contribution in [1.29, 1.82) is 0 Å². The summed E-state index contributed by atoms with van der Waals surface area (Å²) in [6.45, 7) is 28.1. The van der Waals surface area contributed by atoms with Gasteiger partial charge in [0.15, 0.2) is 0 Å². The maximum atomic E-state index is 7.24. The highest BCUT2D eigenvalue weighted by atomic mass is 16.3. The van der Waals surface area contributed by atoms with Crippen molar-refractivity contribution in [3.63, 3.8) is 0 Å². The van der Waals surface area contributed by atoms with Crippen molar-refractivity contribution >= 4 is 145 Å².